The fourth-order valence-electron chi connectivity index (χ4n) is 1.98. The van der Waals surface area contributed by atoms with Crippen LogP contribution in [0.1, 0.15) is 5.56 Å². The summed E-state index contributed by atoms with van der Waals surface area (Å²) >= 11 is 0.376. The molecule has 27 heavy (non-hydrogen) atoms. The molecule has 0 aromatic heterocycles. The highest BCUT2D eigenvalue weighted by Gasteiger charge is 2.11. The molecule has 0 saturated heterocycles. The number of benzene rings is 2. The molecule has 0 bridgehead atoms. The summed E-state index contributed by atoms with van der Waals surface area (Å²) in [6, 6.07) is 12.9. The highest BCUT2D eigenvalue weighted by atomic mass is 32.2. The van der Waals surface area contributed by atoms with Crippen molar-refractivity contribution in [3.05, 3.63) is 59.7 Å². The summed E-state index contributed by atoms with van der Waals surface area (Å²) in [5.41, 5.74) is 0.552. The summed E-state index contributed by atoms with van der Waals surface area (Å²) in [5.74, 6) is -3.29. The van der Waals surface area contributed by atoms with Gasteiger partial charge in [-0.15, -0.1) is 0 Å². The minimum Gasteiger partial charge on any atom is -0.435 e. The number of ether oxygens (including phenoxy) is 1. The minimum absolute atomic E-state index is 0.0492. The summed E-state index contributed by atoms with van der Waals surface area (Å²) in [7, 11) is 0. The zero-order valence-corrected chi connectivity index (χ0v) is 14.4. The molecule has 0 aliphatic heterocycles. The Kier molecular flexibility index (Phi) is 7.25. The number of nitrogens with one attached hydrogen (secondary N) is 1. The third-order valence-corrected chi connectivity index (χ3v) is 3.84. The van der Waals surface area contributed by atoms with E-state index in [9.17, 15) is 22.4 Å². The lowest BCUT2D eigenvalue weighted by Crippen LogP contribution is -2.13. The number of hydrogen-bond acceptors (Lipinski definition) is 4. The molecule has 9 heteroatoms. The molecular formula is C18H12F4N2O2S. The van der Waals surface area contributed by atoms with E-state index in [0.717, 1.165) is 0 Å². The van der Waals surface area contributed by atoms with Crippen LogP contribution in [0.4, 0.5) is 23.2 Å². The van der Waals surface area contributed by atoms with Gasteiger partial charge in [-0.1, -0.05) is 23.9 Å². The van der Waals surface area contributed by atoms with Gasteiger partial charge in [-0.2, -0.15) is 22.8 Å². The van der Waals surface area contributed by atoms with Crippen LogP contribution in [0.2, 0.25) is 0 Å². The van der Waals surface area contributed by atoms with Crippen molar-refractivity contribution in [2.45, 2.75) is 17.3 Å². The zero-order valence-electron chi connectivity index (χ0n) is 13.5. The maximum atomic E-state index is 12.3. The number of nitriles is 1. The van der Waals surface area contributed by atoms with Crippen molar-refractivity contribution < 1.29 is 27.1 Å². The van der Waals surface area contributed by atoms with Gasteiger partial charge in [0.25, 0.3) is 11.7 Å². The van der Waals surface area contributed by atoms with Crippen LogP contribution in [0.5, 0.6) is 5.75 Å². The van der Waals surface area contributed by atoms with Crippen molar-refractivity contribution in [3.63, 3.8) is 0 Å². The Hall–Kier alpha value is -2.99. The average molecular weight is 396 g/mol. The number of thioether (sulfide) groups is 1. The lowest BCUT2D eigenvalue weighted by molar-refractivity contribution is -0.112. The first-order chi connectivity index (χ1) is 12.9. The molecule has 1 amide bonds. The van der Waals surface area contributed by atoms with Crippen molar-refractivity contribution >= 4 is 29.4 Å². The van der Waals surface area contributed by atoms with Crippen LogP contribution in [0.15, 0.2) is 59.0 Å². The Morgan fingerprint density at radius 2 is 1.70 bits per heavy atom. The van der Waals surface area contributed by atoms with E-state index >= 15 is 0 Å². The van der Waals surface area contributed by atoms with Crippen molar-refractivity contribution in [1.29, 1.82) is 5.26 Å². The van der Waals surface area contributed by atoms with Gasteiger partial charge in [0.1, 0.15) is 17.4 Å². The monoisotopic (exact) mass is 396 g/mol. The second-order valence-electron chi connectivity index (χ2n) is 4.97. The molecule has 0 saturated carbocycles. The van der Waals surface area contributed by atoms with Crippen LogP contribution in [0.25, 0.3) is 6.08 Å². The van der Waals surface area contributed by atoms with Gasteiger partial charge < -0.3 is 10.1 Å². The molecule has 2 rings (SSSR count). The second-order valence-corrected chi connectivity index (χ2v) is 6.04. The number of halogens is 4. The van der Waals surface area contributed by atoms with E-state index in [-0.39, 0.29) is 11.3 Å². The Bertz CT molecular complexity index is 847. The van der Waals surface area contributed by atoms with E-state index in [1.807, 2.05) is 0 Å². The molecule has 0 aliphatic rings. The molecule has 4 nitrogen and oxygen atoms in total. The Labute approximate surface area is 156 Å². The molecule has 0 unspecified atom stereocenters. The molecule has 0 atom stereocenters. The summed E-state index contributed by atoms with van der Waals surface area (Å²) in [5, 5.41) is 11.6. The molecule has 0 aliphatic carbocycles. The topological polar surface area (TPSA) is 62.1 Å². The molecule has 140 valence electrons. The summed E-state index contributed by atoms with van der Waals surface area (Å²) in [6.45, 7) is -2.95. The molecule has 2 aromatic carbocycles. The molecule has 2 aromatic rings. The fraction of sp³-hybridized carbons (Fsp3) is 0.111. The van der Waals surface area contributed by atoms with Crippen LogP contribution < -0.4 is 10.1 Å². The highest BCUT2D eigenvalue weighted by Crippen LogP contribution is 2.26. The smallest absolute Gasteiger partial charge is 0.387 e. The van der Waals surface area contributed by atoms with Gasteiger partial charge >= 0.3 is 6.61 Å². The third-order valence-electron chi connectivity index (χ3n) is 3.12. The SMILES string of the molecule is N#CC(=Cc1ccc(OC(F)F)cc1)C(=O)Nc1ccc(SC(F)F)cc1. The van der Waals surface area contributed by atoms with E-state index in [1.54, 1.807) is 6.07 Å². The molecule has 0 heterocycles. The maximum Gasteiger partial charge on any atom is 0.387 e. The normalized spacial score (nSPS) is 11.4. The highest BCUT2D eigenvalue weighted by molar-refractivity contribution is 7.99. The van der Waals surface area contributed by atoms with E-state index in [1.165, 1.54) is 54.6 Å². The largest absolute Gasteiger partial charge is 0.435 e. The number of nitrogens with zero attached hydrogens (tertiary/aromatic N) is 1. The van der Waals surface area contributed by atoms with Gasteiger partial charge in [0.05, 0.1) is 0 Å². The minimum atomic E-state index is -2.95. The van der Waals surface area contributed by atoms with Crippen molar-refractivity contribution in [3.8, 4) is 11.8 Å². The number of carbonyl (C=O) groups excluding carboxylic acids is 1. The van der Waals surface area contributed by atoms with Crippen LogP contribution in [0.3, 0.4) is 0 Å². The van der Waals surface area contributed by atoms with Crippen molar-refractivity contribution in [2.24, 2.45) is 0 Å². The number of anilines is 1. The first-order valence-electron chi connectivity index (χ1n) is 7.40. The van der Waals surface area contributed by atoms with Gasteiger partial charge in [0.15, 0.2) is 0 Å². The molecule has 0 fully saturated rings. The van der Waals surface area contributed by atoms with Gasteiger partial charge in [0.2, 0.25) is 0 Å². The Morgan fingerprint density at radius 1 is 1.07 bits per heavy atom. The first kappa shape index (κ1) is 20.3. The quantitative estimate of drug-likeness (QED) is 0.304. The van der Waals surface area contributed by atoms with E-state index in [2.05, 4.69) is 10.1 Å². The predicted molar refractivity (Wildman–Crippen MR) is 93.6 cm³/mol. The van der Waals surface area contributed by atoms with Crippen molar-refractivity contribution in [1.82, 2.24) is 0 Å². The molecule has 0 radical (unpaired) electrons. The van der Waals surface area contributed by atoms with Crippen molar-refractivity contribution in [2.75, 3.05) is 5.32 Å². The van der Waals surface area contributed by atoms with E-state index in [4.69, 9.17) is 5.26 Å². The number of rotatable bonds is 7. The number of hydrogen-bond donors (Lipinski definition) is 1. The standard InChI is InChI=1S/C18H12F4N2O2S/c19-17(20)26-14-5-1-11(2-6-14)9-12(10-23)16(25)24-13-3-7-15(8-4-13)27-18(21)22/h1-9,17-18H,(H,24,25). The molecule has 1 N–H and O–H groups in total. The predicted octanol–water partition coefficient (Wildman–Crippen LogP) is 5.15. The van der Waals surface area contributed by atoms with Gasteiger partial charge in [-0.05, 0) is 48.0 Å². The summed E-state index contributed by atoms with van der Waals surface area (Å²) < 4.78 is 53.0. The third kappa shape index (κ3) is 6.67. The van der Waals surface area contributed by atoms with Gasteiger partial charge in [-0.3, -0.25) is 4.79 Å². The number of alkyl halides is 4. The van der Waals surface area contributed by atoms with Gasteiger partial charge in [-0.25, -0.2) is 0 Å². The number of amides is 1. The van der Waals surface area contributed by atoms with Crippen LogP contribution in [0, 0.1) is 11.3 Å². The fourth-order valence-corrected chi connectivity index (χ4v) is 2.48. The number of carbonyl (C=O) groups is 1. The Balaban J connectivity index is 2.06. The first-order valence-corrected chi connectivity index (χ1v) is 8.28. The van der Waals surface area contributed by atoms with Crippen LogP contribution in [-0.2, 0) is 4.79 Å². The lowest BCUT2D eigenvalue weighted by atomic mass is 10.1. The zero-order chi connectivity index (χ0) is 19.8. The molecule has 0 spiro atoms. The van der Waals surface area contributed by atoms with Crippen LogP contribution in [-0.4, -0.2) is 18.3 Å². The summed E-state index contributed by atoms with van der Waals surface area (Å²) in [4.78, 5) is 12.5. The lowest BCUT2D eigenvalue weighted by Gasteiger charge is -2.06. The Morgan fingerprint density at radius 3 is 2.22 bits per heavy atom. The van der Waals surface area contributed by atoms with Crippen LogP contribution >= 0.6 is 11.8 Å². The molecular weight excluding hydrogens is 384 g/mol. The van der Waals surface area contributed by atoms with E-state index < -0.39 is 18.3 Å². The maximum absolute atomic E-state index is 12.3. The van der Waals surface area contributed by atoms with E-state index in [0.29, 0.717) is 27.9 Å². The summed E-state index contributed by atoms with van der Waals surface area (Å²) in [6.07, 6.45) is 1.28. The average Bonchev–Trinajstić information content (AvgIpc) is 2.61. The van der Waals surface area contributed by atoms with Gasteiger partial charge in [0, 0.05) is 10.6 Å². The second kappa shape index (κ2) is 9.64.